The van der Waals surface area contributed by atoms with Crippen molar-refractivity contribution in [1.82, 2.24) is 20.6 Å². The molecule has 0 spiro atoms. The van der Waals surface area contributed by atoms with Gasteiger partial charge in [-0.25, -0.2) is 5.10 Å². The Bertz CT molecular complexity index is 419. The van der Waals surface area contributed by atoms with Gasteiger partial charge in [-0.3, -0.25) is 4.79 Å². The summed E-state index contributed by atoms with van der Waals surface area (Å²) in [6.07, 6.45) is 0.00747. The van der Waals surface area contributed by atoms with Crippen LogP contribution >= 0.6 is 0 Å². The highest BCUT2D eigenvalue weighted by Crippen LogP contribution is 1.90. The standard InChI is InChI=1S/C14H26N4O7/c1-20-2-3-21-4-5-22-6-7-23-8-9-24-10-11-25-14(19)12-13-15-17-18-16-13/h2-12H2,1H3,(H,15,16,17,18). The molecule has 0 saturated carbocycles. The molecule has 0 amide bonds. The maximum absolute atomic E-state index is 11.4. The van der Waals surface area contributed by atoms with Gasteiger partial charge >= 0.3 is 5.97 Å². The molecule has 11 heteroatoms. The zero-order chi connectivity index (χ0) is 18.0. The second kappa shape index (κ2) is 15.8. The van der Waals surface area contributed by atoms with E-state index >= 15 is 0 Å². The minimum atomic E-state index is -0.415. The summed E-state index contributed by atoms with van der Waals surface area (Å²) >= 11 is 0. The highest BCUT2D eigenvalue weighted by Gasteiger charge is 2.07. The van der Waals surface area contributed by atoms with Gasteiger partial charge in [-0.15, -0.1) is 5.10 Å². The summed E-state index contributed by atoms with van der Waals surface area (Å²) in [4.78, 5) is 11.4. The first-order valence-corrected chi connectivity index (χ1v) is 8.01. The second-order valence-electron chi connectivity index (χ2n) is 4.69. The van der Waals surface area contributed by atoms with Crippen LogP contribution < -0.4 is 0 Å². The molecule has 25 heavy (non-hydrogen) atoms. The molecule has 0 fully saturated rings. The van der Waals surface area contributed by atoms with Crippen LogP contribution in [0.2, 0.25) is 0 Å². The third kappa shape index (κ3) is 13.3. The van der Waals surface area contributed by atoms with Crippen LogP contribution in [0.15, 0.2) is 0 Å². The average molecular weight is 362 g/mol. The van der Waals surface area contributed by atoms with Crippen molar-refractivity contribution in [2.45, 2.75) is 6.42 Å². The lowest BCUT2D eigenvalue weighted by Gasteiger charge is -2.07. The van der Waals surface area contributed by atoms with Crippen LogP contribution in [0, 0.1) is 0 Å². The molecule has 0 aliphatic carbocycles. The van der Waals surface area contributed by atoms with E-state index in [4.69, 9.17) is 28.4 Å². The third-order valence-electron chi connectivity index (χ3n) is 2.74. The number of nitrogens with one attached hydrogen (secondary N) is 1. The van der Waals surface area contributed by atoms with Crippen LogP contribution in [0.3, 0.4) is 0 Å². The summed E-state index contributed by atoms with van der Waals surface area (Å²) in [5.41, 5.74) is 0. The topological polar surface area (TPSA) is 127 Å². The lowest BCUT2D eigenvalue weighted by atomic mass is 10.4. The Kier molecular flexibility index (Phi) is 13.6. The molecule has 0 aliphatic rings. The van der Waals surface area contributed by atoms with Gasteiger partial charge in [0.25, 0.3) is 0 Å². The van der Waals surface area contributed by atoms with Gasteiger partial charge in [-0.1, -0.05) is 0 Å². The first-order valence-electron chi connectivity index (χ1n) is 8.01. The van der Waals surface area contributed by atoms with Gasteiger partial charge in [0.15, 0.2) is 5.82 Å². The van der Waals surface area contributed by atoms with Crippen molar-refractivity contribution in [3.05, 3.63) is 5.82 Å². The number of nitrogens with zero attached hydrogens (tertiary/aromatic N) is 3. The summed E-state index contributed by atoms with van der Waals surface area (Å²) in [5, 5.41) is 12.8. The molecule has 0 bridgehead atoms. The highest BCUT2D eigenvalue weighted by atomic mass is 16.6. The molecule has 0 atom stereocenters. The largest absolute Gasteiger partial charge is 0.463 e. The fourth-order valence-corrected chi connectivity index (χ4v) is 1.56. The molecule has 1 heterocycles. The number of esters is 1. The number of H-pyrrole nitrogens is 1. The molecule has 0 aliphatic heterocycles. The molecule has 144 valence electrons. The summed E-state index contributed by atoms with van der Waals surface area (Å²) < 4.78 is 31.0. The van der Waals surface area contributed by atoms with Crippen molar-refractivity contribution in [2.75, 3.05) is 73.2 Å². The lowest BCUT2D eigenvalue weighted by Crippen LogP contribution is -2.16. The van der Waals surface area contributed by atoms with Gasteiger partial charge in [0.05, 0.1) is 59.5 Å². The number of hydrogen-bond acceptors (Lipinski definition) is 10. The molecule has 0 unspecified atom stereocenters. The van der Waals surface area contributed by atoms with Crippen LogP contribution in [-0.4, -0.2) is 99.8 Å². The van der Waals surface area contributed by atoms with Crippen molar-refractivity contribution in [3.63, 3.8) is 0 Å². The molecular weight excluding hydrogens is 336 g/mol. The van der Waals surface area contributed by atoms with Gasteiger partial charge in [0, 0.05) is 7.11 Å². The van der Waals surface area contributed by atoms with E-state index in [1.165, 1.54) is 0 Å². The molecular formula is C14H26N4O7. The number of carbonyl (C=O) groups excluding carboxylic acids is 1. The van der Waals surface area contributed by atoms with Crippen LogP contribution in [0.4, 0.5) is 0 Å². The van der Waals surface area contributed by atoms with Crippen LogP contribution in [0.1, 0.15) is 5.82 Å². The fourth-order valence-electron chi connectivity index (χ4n) is 1.56. The Balaban J connectivity index is 1.74. The van der Waals surface area contributed by atoms with Crippen molar-refractivity contribution in [1.29, 1.82) is 0 Å². The average Bonchev–Trinajstić information content (AvgIpc) is 3.11. The van der Waals surface area contributed by atoms with E-state index in [9.17, 15) is 4.79 Å². The molecule has 0 radical (unpaired) electrons. The van der Waals surface area contributed by atoms with Crippen molar-refractivity contribution in [3.8, 4) is 0 Å². The molecule has 11 nitrogen and oxygen atoms in total. The minimum absolute atomic E-state index is 0.00747. The number of methoxy groups -OCH3 is 1. The lowest BCUT2D eigenvalue weighted by molar-refractivity contribution is -0.144. The molecule has 1 rings (SSSR count). The zero-order valence-corrected chi connectivity index (χ0v) is 14.5. The van der Waals surface area contributed by atoms with E-state index in [1.807, 2.05) is 0 Å². The van der Waals surface area contributed by atoms with Gasteiger partial charge in [-0.05, 0) is 10.4 Å². The SMILES string of the molecule is COCCOCCOCCOCCOCCOC(=O)Cc1nnn[nH]1. The predicted molar refractivity (Wildman–Crippen MR) is 84.0 cm³/mol. The molecule has 0 aromatic carbocycles. The number of rotatable bonds is 17. The van der Waals surface area contributed by atoms with Crippen molar-refractivity contribution >= 4 is 5.97 Å². The quantitative estimate of drug-likeness (QED) is 0.272. The Morgan fingerprint density at radius 1 is 0.840 bits per heavy atom. The van der Waals surface area contributed by atoms with E-state index in [-0.39, 0.29) is 13.0 Å². The summed E-state index contributed by atoms with van der Waals surface area (Å²) in [7, 11) is 1.63. The normalized spacial score (nSPS) is 10.9. The van der Waals surface area contributed by atoms with E-state index in [0.29, 0.717) is 65.3 Å². The van der Waals surface area contributed by atoms with E-state index in [1.54, 1.807) is 7.11 Å². The van der Waals surface area contributed by atoms with Gasteiger partial charge in [-0.2, -0.15) is 0 Å². The first-order chi connectivity index (χ1) is 12.3. The van der Waals surface area contributed by atoms with Crippen molar-refractivity contribution < 1.29 is 33.2 Å². The number of hydrogen-bond donors (Lipinski definition) is 1. The van der Waals surface area contributed by atoms with Crippen LogP contribution in [0.25, 0.3) is 0 Å². The number of aromatic amines is 1. The third-order valence-corrected chi connectivity index (χ3v) is 2.74. The van der Waals surface area contributed by atoms with Gasteiger partial charge in [0.2, 0.25) is 0 Å². The Morgan fingerprint density at radius 2 is 1.36 bits per heavy atom. The minimum Gasteiger partial charge on any atom is -0.463 e. The number of ether oxygens (including phenoxy) is 6. The summed E-state index contributed by atoms with van der Waals surface area (Å²) in [6, 6.07) is 0. The van der Waals surface area contributed by atoms with E-state index < -0.39 is 5.97 Å². The van der Waals surface area contributed by atoms with E-state index in [2.05, 4.69) is 20.6 Å². The van der Waals surface area contributed by atoms with Crippen LogP contribution in [0.5, 0.6) is 0 Å². The molecule has 1 aromatic rings. The predicted octanol–water partition coefficient (Wildman–Crippen LogP) is -1.00. The Labute approximate surface area is 146 Å². The number of carbonyl (C=O) groups is 1. The second-order valence-corrected chi connectivity index (χ2v) is 4.69. The van der Waals surface area contributed by atoms with E-state index in [0.717, 1.165) is 0 Å². The highest BCUT2D eigenvalue weighted by molar-refractivity contribution is 5.71. The number of tetrazole rings is 1. The summed E-state index contributed by atoms with van der Waals surface area (Å²) in [6.45, 7) is 4.56. The smallest absolute Gasteiger partial charge is 0.313 e. The molecule has 0 saturated heterocycles. The number of aromatic nitrogens is 4. The molecule has 1 N–H and O–H groups in total. The summed E-state index contributed by atoms with van der Waals surface area (Å²) in [5.74, 6) is -0.0511. The Hall–Kier alpha value is -1.66. The van der Waals surface area contributed by atoms with Crippen LogP contribution in [-0.2, 0) is 39.6 Å². The first kappa shape index (κ1) is 21.4. The van der Waals surface area contributed by atoms with Gasteiger partial charge < -0.3 is 28.4 Å². The maximum Gasteiger partial charge on any atom is 0.313 e. The van der Waals surface area contributed by atoms with Gasteiger partial charge in [0.1, 0.15) is 13.0 Å². The Morgan fingerprint density at radius 3 is 1.84 bits per heavy atom. The molecule has 1 aromatic heterocycles. The maximum atomic E-state index is 11.4. The zero-order valence-electron chi connectivity index (χ0n) is 14.5. The fraction of sp³-hybridized carbons (Fsp3) is 0.857. The van der Waals surface area contributed by atoms with Crippen molar-refractivity contribution in [2.24, 2.45) is 0 Å². The monoisotopic (exact) mass is 362 g/mol.